The standard InChI is InChI=1S/C46H30N2/c1-3-15-37-31(11-1)13-9-19-39(37)33-23-27-35(28-24-33)45-41-17-5-7-21-43(41)48-46(42-18-6-8-22-44(42)47-45)36-29-25-34(26-30-36)40-20-10-14-32-12-2-4-16-38(32)40/h1-30H. The molecule has 0 aliphatic carbocycles. The first-order valence-corrected chi connectivity index (χ1v) is 16.3. The Balaban J connectivity index is 1.14. The average molecular weight is 611 g/mol. The van der Waals surface area contributed by atoms with Crippen molar-refractivity contribution in [1.82, 2.24) is 0 Å². The molecule has 0 N–H and O–H groups in total. The van der Waals surface area contributed by atoms with Gasteiger partial charge in [0.15, 0.2) is 0 Å². The third-order valence-corrected chi connectivity index (χ3v) is 9.30. The van der Waals surface area contributed by atoms with Crippen molar-refractivity contribution in [3.63, 3.8) is 0 Å². The SMILES string of the molecule is c1ccc2c(c1)N=C(c1ccc(-c3cccc4ccccc34)cc1)c1ccccc1N=C2c1ccc(-c2cccc3ccccc23)cc1. The Labute approximate surface area is 280 Å². The highest BCUT2D eigenvalue weighted by molar-refractivity contribution is 6.22. The average Bonchev–Trinajstić information content (AvgIpc) is 3.15. The predicted molar refractivity (Wildman–Crippen MR) is 202 cm³/mol. The smallest absolute Gasteiger partial charge is 0.0803 e. The summed E-state index contributed by atoms with van der Waals surface area (Å²) in [5.74, 6) is 0. The molecule has 0 saturated carbocycles. The third-order valence-electron chi connectivity index (χ3n) is 9.30. The van der Waals surface area contributed by atoms with Gasteiger partial charge in [-0.15, -0.1) is 0 Å². The Kier molecular flexibility index (Phi) is 6.84. The van der Waals surface area contributed by atoms with Crippen LogP contribution in [0.25, 0.3) is 43.8 Å². The first-order valence-electron chi connectivity index (χ1n) is 16.3. The van der Waals surface area contributed by atoms with Crippen LogP contribution in [0, 0.1) is 0 Å². The van der Waals surface area contributed by atoms with Crippen molar-refractivity contribution >= 4 is 44.3 Å². The zero-order chi connectivity index (χ0) is 31.9. The summed E-state index contributed by atoms with van der Waals surface area (Å²) in [4.78, 5) is 10.7. The maximum absolute atomic E-state index is 5.37. The van der Waals surface area contributed by atoms with Crippen molar-refractivity contribution in [2.24, 2.45) is 9.98 Å². The second-order valence-electron chi connectivity index (χ2n) is 12.2. The van der Waals surface area contributed by atoms with Crippen molar-refractivity contribution in [3.05, 3.63) is 204 Å². The summed E-state index contributed by atoms with van der Waals surface area (Å²) in [6, 6.07) is 64.4. The van der Waals surface area contributed by atoms with Gasteiger partial charge in [0.25, 0.3) is 0 Å². The Morgan fingerprint density at radius 3 is 1.04 bits per heavy atom. The quantitative estimate of drug-likeness (QED) is 0.189. The van der Waals surface area contributed by atoms with Gasteiger partial charge in [0, 0.05) is 22.3 Å². The Hall–Kier alpha value is -6.38. The number of rotatable bonds is 4. The summed E-state index contributed by atoms with van der Waals surface area (Å²) in [6.07, 6.45) is 0. The second kappa shape index (κ2) is 11.8. The Bertz CT molecular complexity index is 2350. The summed E-state index contributed by atoms with van der Waals surface area (Å²) < 4.78 is 0. The van der Waals surface area contributed by atoms with Crippen LogP contribution in [-0.2, 0) is 0 Å². The molecule has 0 unspecified atom stereocenters. The molecule has 8 aromatic rings. The van der Waals surface area contributed by atoms with E-state index in [1.807, 2.05) is 0 Å². The van der Waals surface area contributed by atoms with E-state index in [0.717, 1.165) is 45.1 Å². The zero-order valence-electron chi connectivity index (χ0n) is 26.2. The Morgan fingerprint density at radius 1 is 0.250 bits per heavy atom. The van der Waals surface area contributed by atoms with Gasteiger partial charge < -0.3 is 0 Å². The van der Waals surface area contributed by atoms with Gasteiger partial charge in [0.05, 0.1) is 22.8 Å². The summed E-state index contributed by atoms with van der Waals surface area (Å²) in [5, 5.41) is 4.99. The molecule has 1 aliphatic heterocycles. The van der Waals surface area contributed by atoms with Crippen molar-refractivity contribution in [2.45, 2.75) is 0 Å². The molecule has 0 atom stereocenters. The highest BCUT2D eigenvalue weighted by Crippen LogP contribution is 2.35. The molecular weight excluding hydrogens is 581 g/mol. The highest BCUT2D eigenvalue weighted by atomic mass is 14.8. The van der Waals surface area contributed by atoms with Crippen LogP contribution in [-0.4, -0.2) is 11.4 Å². The summed E-state index contributed by atoms with van der Waals surface area (Å²) in [6.45, 7) is 0. The zero-order valence-corrected chi connectivity index (χ0v) is 26.2. The van der Waals surface area contributed by atoms with Crippen LogP contribution in [0.5, 0.6) is 0 Å². The van der Waals surface area contributed by atoms with Crippen LogP contribution in [0.2, 0.25) is 0 Å². The lowest BCUT2D eigenvalue weighted by molar-refractivity contribution is 1.39. The minimum atomic E-state index is 0.900. The number of para-hydroxylation sites is 2. The van der Waals surface area contributed by atoms with Gasteiger partial charge in [-0.05, 0) is 55.9 Å². The molecule has 0 fully saturated rings. The van der Waals surface area contributed by atoms with E-state index in [-0.39, 0.29) is 0 Å². The lowest BCUT2D eigenvalue weighted by Gasteiger charge is -2.18. The largest absolute Gasteiger partial charge is 0.247 e. The normalized spacial score (nSPS) is 12.4. The fraction of sp³-hybridized carbons (Fsp3) is 0. The number of fused-ring (bicyclic) bond motifs is 4. The van der Waals surface area contributed by atoms with Gasteiger partial charge in [-0.1, -0.05) is 170 Å². The second-order valence-corrected chi connectivity index (χ2v) is 12.2. The first-order chi connectivity index (χ1) is 23.8. The van der Waals surface area contributed by atoms with Crippen LogP contribution < -0.4 is 0 Å². The van der Waals surface area contributed by atoms with Crippen molar-refractivity contribution in [3.8, 4) is 22.3 Å². The molecule has 2 heteroatoms. The molecule has 2 nitrogen and oxygen atoms in total. The molecule has 48 heavy (non-hydrogen) atoms. The fourth-order valence-corrected chi connectivity index (χ4v) is 6.91. The number of nitrogens with zero attached hydrogens (tertiary/aromatic N) is 2. The van der Waals surface area contributed by atoms with Crippen LogP contribution >= 0.6 is 0 Å². The number of benzene rings is 8. The molecule has 0 amide bonds. The van der Waals surface area contributed by atoms with Gasteiger partial charge in [0.1, 0.15) is 0 Å². The highest BCUT2D eigenvalue weighted by Gasteiger charge is 2.20. The van der Waals surface area contributed by atoms with E-state index in [2.05, 4.69) is 182 Å². The van der Waals surface area contributed by atoms with Crippen molar-refractivity contribution < 1.29 is 0 Å². The van der Waals surface area contributed by atoms with E-state index in [4.69, 9.17) is 9.98 Å². The number of hydrogen-bond acceptors (Lipinski definition) is 2. The lowest BCUT2D eigenvalue weighted by atomic mass is 9.93. The first kappa shape index (κ1) is 27.9. The van der Waals surface area contributed by atoms with E-state index in [1.165, 1.54) is 43.8 Å². The van der Waals surface area contributed by atoms with E-state index >= 15 is 0 Å². The van der Waals surface area contributed by atoms with Gasteiger partial charge in [0.2, 0.25) is 0 Å². The lowest BCUT2D eigenvalue weighted by Crippen LogP contribution is -2.10. The van der Waals surface area contributed by atoms with Gasteiger partial charge >= 0.3 is 0 Å². The molecule has 0 spiro atoms. The van der Waals surface area contributed by atoms with Crippen LogP contribution in [0.1, 0.15) is 22.3 Å². The van der Waals surface area contributed by atoms with Crippen LogP contribution in [0.3, 0.4) is 0 Å². The molecule has 0 aromatic heterocycles. The predicted octanol–water partition coefficient (Wildman–Crippen LogP) is 12.0. The van der Waals surface area contributed by atoms with E-state index in [0.29, 0.717) is 0 Å². The molecule has 0 bridgehead atoms. The molecule has 8 aromatic carbocycles. The molecule has 224 valence electrons. The molecule has 0 saturated heterocycles. The van der Waals surface area contributed by atoms with Gasteiger partial charge in [-0.25, -0.2) is 9.98 Å². The van der Waals surface area contributed by atoms with Crippen molar-refractivity contribution in [2.75, 3.05) is 0 Å². The number of hydrogen-bond donors (Lipinski definition) is 0. The van der Waals surface area contributed by atoms with E-state index in [1.54, 1.807) is 0 Å². The maximum Gasteiger partial charge on any atom is 0.0803 e. The molecule has 0 radical (unpaired) electrons. The molecule has 1 aliphatic rings. The van der Waals surface area contributed by atoms with Crippen LogP contribution in [0.15, 0.2) is 192 Å². The topological polar surface area (TPSA) is 24.7 Å². The molecule has 9 rings (SSSR count). The Morgan fingerprint density at radius 2 is 0.583 bits per heavy atom. The van der Waals surface area contributed by atoms with Crippen LogP contribution in [0.4, 0.5) is 11.4 Å². The van der Waals surface area contributed by atoms with E-state index < -0.39 is 0 Å². The maximum atomic E-state index is 5.37. The molecular formula is C46H30N2. The van der Waals surface area contributed by atoms with Gasteiger partial charge in [-0.2, -0.15) is 0 Å². The summed E-state index contributed by atoms with van der Waals surface area (Å²) in [5.41, 5.74) is 12.6. The monoisotopic (exact) mass is 610 g/mol. The summed E-state index contributed by atoms with van der Waals surface area (Å²) >= 11 is 0. The minimum Gasteiger partial charge on any atom is -0.247 e. The minimum absolute atomic E-state index is 0.900. The fourth-order valence-electron chi connectivity index (χ4n) is 6.91. The van der Waals surface area contributed by atoms with E-state index in [9.17, 15) is 0 Å². The third kappa shape index (κ3) is 4.92. The molecule has 1 heterocycles. The van der Waals surface area contributed by atoms with Gasteiger partial charge in [-0.3, -0.25) is 0 Å². The summed E-state index contributed by atoms with van der Waals surface area (Å²) in [7, 11) is 0. The van der Waals surface area contributed by atoms with Crippen molar-refractivity contribution in [1.29, 1.82) is 0 Å². The number of aliphatic imine (C=N–C) groups is 2.